The summed E-state index contributed by atoms with van der Waals surface area (Å²) in [6.07, 6.45) is 3.13. The van der Waals surface area contributed by atoms with Crippen molar-refractivity contribution in [1.82, 2.24) is 10.3 Å². The Labute approximate surface area is 178 Å². The molecule has 4 rings (SSSR count). The quantitative estimate of drug-likeness (QED) is 0.449. The third-order valence-electron chi connectivity index (χ3n) is 4.59. The number of ether oxygens (including phenoxy) is 1. The summed E-state index contributed by atoms with van der Waals surface area (Å²) in [6, 6.07) is 18.1. The van der Waals surface area contributed by atoms with E-state index < -0.39 is 18.5 Å². The van der Waals surface area contributed by atoms with Crippen molar-refractivity contribution in [2.45, 2.75) is 13.5 Å². The lowest BCUT2D eigenvalue weighted by molar-refractivity contribution is -0.124. The van der Waals surface area contributed by atoms with Crippen LogP contribution >= 0.6 is 0 Å². The molecule has 0 fully saturated rings. The highest BCUT2D eigenvalue weighted by atomic mass is 16.5. The number of amides is 1. The van der Waals surface area contributed by atoms with Gasteiger partial charge in [0.05, 0.1) is 30.1 Å². The van der Waals surface area contributed by atoms with E-state index in [9.17, 15) is 9.59 Å². The normalized spacial score (nSPS) is 10.6. The smallest absolute Gasteiger partial charge is 0.339 e. The Kier molecular flexibility index (Phi) is 5.93. The van der Waals surface area contributed by atoms with E-state index in [1.54, 1.807) is 42.6 Å². The molecule has 31 heavy (non-hydrogen) atoms. The molecule has 0 saturated carbocycles. The number of oxazole rings is 1. The van der Waals surface area contributed by atoms with Crippen molar-refractivity contribution in [1.29, 1.82) is 0 Å². The molecule has 0 aliphatic rings. The van der Waals surface area contributed by atoms with E-state index in [2.05, 4.69) is 10.3 Å². The summed E-state index contributed by atoms with van der Waals surface area (Å²) in [6.45, 7) is 1.82. The summed E-state index contributed by atoms with van der Waals surface area (Å²) in [4.78, 5) is 28.9. The maximum atomic E-state index is 12.6. The Hall–Kier alpha value is -4.13. The molecule has 0 spiro atoms. The predicted octanol–water partition coefficient (Wildman–Crippen LogP) is 4.38. The van der Waals surface area contributed by atoms with Crippen LogP contribution in [-0.4, -0.2) is 23.5 Å². The molecule has 1 N–H and O–H groups in total. The van der Waals surface area contributed by atoms with Crippen molar-refractivity contribution in [2.24, 2.45) is 0 Å². The minimum Gasteiger partial charge on any atom is -0.467 e. The average Bonchev–Trinajstić information content (AvgIpc) is 3.49. The van der Waals surface area contributed by atoms with Crippen LogP contribution in [0.3, 0.4) is 0 Å². The number of nitrogens with zero attached hydrogens (tertiary/aromatic N) is 1. The second kappa shape index (κ2) is 9.13. The highest BCUT2D eigenvalue weighted by molar-refractivity contribution is 5.97. The molecule has 0 radical (unpaired) electrons. The van der Waals surface area contributed by atoms with E-state index in [4.69, 9.17) is 13.6 Å². The summed E-state index contributed by atoms with van der Waals surface area (Å²) in [5.74, 6) is 0.429. The monoisotopic (exact) mass is 416 g/mol. The van der Waals surface area contributed by atoms with Crippen LogP contribution in [0, 0.1) is 6.92 Å². The molecular formula is C24H20N2O5. The highest BCUT2D eigenvalue weighted by Crippen LogP contribution is 2.28. The van der Waals surface area contributed by atoms with E-state index in [-0.39, 0.29) is 12.1 Å². The molecule has 0 atom stereocenters. The Morgan fingerprint density at radius 2 is 1.84 bits per heavy atom. The summed E-state index contributed by atoms with van der Waals surface area (Å²) in [7, 11) is 0. The number of aryl methyl sites for hydroxylation is 1. The van der Waals surface area contributed by atoms with Gasteiger partial charge in [-0.2, -0.15) is 0 Å². The van der Waals surface area contributed by atoms with Crippen LogP contribution < -0.4 is 5.32 Å². The number of nitrogens with one attached hydrogen (secondary N) is 1. The lowest BCUT2D eigenvalue weighted by atomic mass is 10.1. The molecule has 4 aromatic rings. The number of esters is 1. The highest BCUT2D eigenvalue weighted by Gasteiger charge is 2.19. The second-order valence-electron chi connectivity index (χ2n) is 6.87. The van der Waals surface area contributed by atoms with Crippen molar-refractivity contribution in [3.8, 4) is 22.8 Å². The maximum absolute atomic E-state index is 12.6. The molecule has 0 aliphatic carbocycles. The van der Waals surface area contributed by atoms with Gasteiger partial charge in [0.1, 0.15) is 5.76 Å². The molecule has 7 heteroatoms. The maximum Gasteiger partial charge on any atom is 0.339 e. The summed E-state index contributed by atoms with van der Waals surface area (Å²) >= 11 is 0. The third-order valence-corrected chi connectivity index (χ3v) is 4.59. The van der Waals surface area contributed by atoms with Crippen LogP contribution in [0.4, 0.5) is 0 Å². The predicted molar refractivity (Wildman–Crippen MR) is 113 cm³/mol. The topological polar surface area (TPSA) is 94.6 Å². The molecule has 1 amide bonds. The van der Waals surface area contributed by atoms with Gasteiger partial charge >= 0.3 is 5.97 Å². The van der Waals surface area contributed by atoms with E-state index in [1.807, 2.05) is 31.2 Å². The molecule has 156 valence electrons. The molecule has 0 unspecified atom stereocenters. The van der Waals surface area contributed by atoms with Crippen molar-refractivity contribution < 1.29 is 23.2 Å². The van der Waals surface area contributed by atoms with E-state index in [0.29, 0.717) is 23.0 Å². The number of hydrogen-bond acceptors (Lipinski definition) is 6. The second-order valence-corrected chi connectivity index (χ2v) is 6.87. The van der Waals surface area contributed by atoms with E-state index in [0.717, 1.165) is 11.1 Å². The number of carbonyl (C=O) groups is 2. The zero-order chi connectivity index (χ0) is 21.6. The Balaban J connectivity index is 1.44. The SMILES string of the molecule is Cc1ccc(-c2cnc(-c3ccccc3C(=O)OCC(=O)NCc3ccco3)o2)cc1. The molecule has 0 aliphatic heterocycles. The summed E-state index contributed by atoms with van der Waals surface area (Å²) < 4.78 is 16.2. The van der Waals surface area contributed by atoms with Crippen molar-refractivity contribution >= 4 is 11.9 Å². The molecule has 2 aromatic carbocycles. The largest absolute Gasteiger partial charge is 0.467 e. The van der Waals surface area contributed by atoms with Crippen molar-refractivity contribution in [3.05, 3.63) is 90.0 Å². The van der Waals surface area contributed by atoms with Crippen LogP contribution in [0.5, 0.6) is 0 Å². The van der Waals surface area contributed by atoms with E-state index in [1.165, 1.54) is 6.26 Å². The molecule has 0 bridgehead atoms. The van der Waals surface area contributed by atoms with Crippen molar-refractivity contribution in [2.75, 3.05) is 6.61 Å². The molecule has 2 heterocycles. The third kappa shape index (κ3) is 4.90. The van der Waals surface area contributed by atoms with Crippen LogP contribution in [0.25, 0.3) is 22.8 Å². The standard InChI is InChI=1S/C24H20N2O5/c1-16-8-10-17(11-9-16)21-14-26-23(31-21)19-6-2-3-7-20(19)24(28)30-15-22(27)25-13-18-5-4-12-29-18/h2-12,14H,13,15H2,1H3,(H,25,27). The fraction of sp³-hybridized carbons (Fsp3) is 0.125. The summed E-state index contributed by atoms with van der Waals surface area (Å²) in [5, 5.41) is 2.62. The van der Waals surface area contributed by atoms with Gasteiger partial charge in [-0.25, -0.2) is 9.78 Å². The van der Waals surface area contributed by atoms with Gasteiger partial charge in [-0.15, -0.1) is 0 Å². The summed E-state index contributed by atoms with van der Waals surface area (Å²) in [5.41, 5.74) is 2.78. The van der Waals surface area contributed by atoms with Crippen LogP contribution in [-0.2, 0) is 16.1 Å². The van der Waals surface area contributed by atoms with Gasteiger partial charge < -0.3 is 18.9 Å². The first-order valence-electron chi connectivity index (χ1n) is 9.68. The zero-order valence-electron chi connectivity index (χ0n) is 16.8. The first-order chi connectivity index (χ1) is 15.1. The van der Waals surface area contributed by atoms with E-state index >= 15 is 0 Å². The van der Waals surface area contributed by atoms with Gasteiger partial charge in [-0.05, 0) is 31.2 Å². The fourth-order valence-corrected chi connectivity index (χ4v) is 2.96. The molecule has 2 aromatic heterocycles. The van der Waals surface area contributed by atoms with Gasteiger partial charge in [0.2, 0.25) is 5.89 Å². The number of benzene rings is 2. The fourth-order valence-electron chi connectivity index (χ4n) is 2.96. The number of aromatic nitrogens is 1. The molecule has 0 saturated heterocycles. The number of furan rings is 1. The molecular weight excluding hydrogens is 396 g/mol. The minimum atomic E-state index is -0.640. The number of hydrogen-bond donors (Lipinski definition) is 1. The van der Waals surface area contributed by atoms with Gasteiger partial charge in [-0.1, -0.05) is 42.0 Å². The number of rotatable bonds is 7. The average molecular weight is 416 g/mol. The Morgan fingerprint density at radius 1 is 1.03 bits per heavy atom. The van der Waals surface area contributed by atoms with Gasteiger partial charge in [-0.3, -0.25) is 4.79 Å². The minimum absolute atomic E-state index is 0.220. The molecule has 7 nitrogen and oxygen atoms in total. The Bertz CT molecular complexity index is 1180. The first-order valence-corrected chi connectivity index (χ1v) is 9.68. The van der Waals surface area contributed by atoms with Crippen LogP contribution in [0.15, 0.2) is 82.0 Å². The number of carbonyl (C=O) groups excluding carboxylic acids is 2. The van der Waals surface area contributed by atoms with Crippen LogP contribution in [0.2, 0.25) is 0 Å². The lowest BCUT2D eigenvalue weighted by Gasteiger charge is -2.08. The first kappa shape index (κ1) is 20.2. The van der Waals surface area contributed by atoms with Gasteiger partial charge in [0, 0.05) is 5.56 Å². The van der Waals surface area contributed by atoms with Gasteiger partial charge in [0.25, 0.3) is 5.91 Å². The van der Waals surface area contributed by atoms with Crippen molar-refractivity contribution in [3.63, 3.8) is 0 Å². The van der Waals surface area contributed by atoms with Crippen LogP contribution in [0.1, 0.15) is 21.7 Å². The Morgan fingerprint density at radius 3 is 2.61 bits per heavy atom. The lowest BCUT2D eigenvalue weighted by Crippen LogP contribution is -2.28. The zero-order valence-corrected chi connectivity index (χ0v) is 16.8. The van der Waals surface area contributed by atoms with Gasteiger partial charge in [0.15, 0.2) is 12.4 Å².